The van der Waals surface area contributed by atoms with Crippen LogP contribution in [0.15, 0.2) is 56.1 Å². The molecular formula is C19H17BrO4. The molecule has 0 amide bonds. The zero-order chi connectivity index (χ0) is 17.1. The Morgan fingerprint density at radius 2 is 1.71 bits per heavy atom. The van der Waals surface area contributed by atoms with E-state index in [0.717, 1.165) is 15.4 Å². The van der Waals surface area contributed by atoms with E-state index in [1.165, 1.54) is 0 Å². The highest BCUT2D eigenvalue weighted by molar-refractivity contribution is 9.10. The van der Waals surface area contributed by atoms with Gasteiger partial charge in [0.2, 0.25) is 0 Å². The van der Waals surface area contributed by atoms with E-state index >= 15 is 0 Å². The van der Waals surface area contributed by atoms with E-state index in [1.807, 2.05) is 50.2 Å². The number of halogens is 1. The van der Waals surface area contributed by atoms with Gasteiger partial charge in [-0.1, -0.05) is 22.0 Å². The molecule has 3 aromatic rings. The molecule has 0 aliphatic heterocycles. The Kier molecular flexibility index (Phi) is 4.90. The minimum absolute atomic E-state index is 0.378. The number of benzene rings is 2. The Hall–Kier alpha value is -2.27. The summed E-state index contributed by atoms with van der Waals surface area (Å²) in [5.74, 6) is 1.28. The van der Waals surface area contributed by atoms with E-state index in [0.29, 0.717) is 35.9 Å². The van der Waals surface area contributed by atoms with Gasteiger partial charge in [-0.25, -0.2) is 4.79 Å². The van der Waals surface area contributed by atoms with E-state index in [-0.39, 0.29) is 5.63 Å². The van der Waals surface area contributed by atoms with E-state index < -0.39 is 0 Å². The summed E-state index contributed by atoms with van der Waals surface area (Å²) in [5, 5.41) is 0.853. The first-order valence-corrected chi connectivity index (χ1v) is 8.55. The van der Waals surface area contributed by atoms with Gasteiger partial charge in [0.15, 0.2) is 11.5 Å². The van der Waals surface area contributed by atoms with Gasteiger partial charge in [-0.15, -0.1) is 0 Å². The molecule has 0 bridgehead atoms. The van der Waals surface area contributed by atoms with E-state index in [4.69, 9.17) is 13.9 Å². The van der Waals surface area contributed by atoms with Crippen LogP contribution in [-0.4, -0.2) is 13.2 Å². The molecule has 0 spiro atoms. The predicted octanol–water partition coefficient (Wildman–Crippen LogP) is 5.02. The van der Waals surface area contributed by atoms with Crippen LogP contribution in [0.4, 0.5) is 0 Å². The molecule has 3 rings (SSSR count). The second-order valence-corrected chi connectivity index (χ2v) is 6.07. The Morgan fingerprint density at radius 3 is 2.46 bits per heavy atom. The molecule has 2 aromatic carbocycles. The van der Waals surface area contributed by atoms with Gasteiger partial charge in [0, 0.05) is 9.86 Å². The molecule has 0 fully saturated rings. The lowest BCUT2D eigenvalue weighted by Gasteiger charge is -2.12. The summed E-state index contributed by atoms with van der Waals surface area (Å²) in [6.45, 7) is 4.89. The molecule has 1 aromatic heterocycles. The Balaban J connectivity index is 2.14. The predicted molar refractivity (Wildman–Crippen MR) is 98.0 cm³/mol. The van der Waals surface area contributed by atoms with Crippen LogP contribution >= 0.6 is 15.9 Å². The van der Waals surface area contributed by atoms with Crippen molar-refractivity contribution in [2.45, 2.75) is 13.8 Å². The first-order valence-electron chi connectivity index (χ1n) is 7.75. The maximum atomic E-state index is 12.3. The molecule has 0 aliphatic rings. The van der Waals surface area contributed by atoms with Gasteiger partial charge >= 0.3 is 5.63 Å². The lowest BCUT2D eigenvalue weighted by molar-refractivity contribution is 0.288. The van der Waals surface area contributed by atoms with Gasteiger partial charge < -0.3 is 13.9 Å². The van der Waals surface area contributed by atoms with Gasteiger partial charge in [0.25, 0.3) is 0 Å². The zero-order valence-electron chi connectivity index (χ0n) is 13.5. The standard InChI is InChI=1S/C19H17BrO4/c1-3-22-17-7-5-12(11-18(17)23-4-2)15-10-13-9-14(20)6-8-16(13)24-19(15)21/h5-11H,3-4H2,1-2H3. The summed E-state index contributed by atoms with van der Waals surface area (Å²) in [6.07, 6.45) is 0. The second kappa shape index (κ2) is 7.09. The number of hydrogen-bond acceptors (Lipinski definition) is 4. The van der Waals surface area contributed by atoms with E-state index in [9.17, 15) is 4.79 Å². The Morgan fingerprint density at radius 1 is 0.958 bits per heavy atom. The van der Waals surface area contributed by atoms with Crippen molar-refractivity contribution in [3.63, 3.8) is 0 Å². The van der Waals surface area contributed by atoms with Gasteiger partial charge in [0.1, 0.15) is 5.58 Å². The van der Waals surface area contributed by atoms with Gasteiger partial charge in [-0.2, -0.15) is 0 Å². The second-order valence-electron chi connectivity index (χ2n) is 5.16. The third-order valence-electron chi connectivity index (χ3n) is 3.55. The number of ether oxygens (including phenoxy) is 2. The summed E-state index contributed by atoms with van der Waals surface area (Å²) >= 11 is 3.43. The third-order valence-corrected chi connectivity index (χ3v) is 4.04. The van der Waals surface area contributed by atoms with E-state index in [2.05, 4.69) is 15.9 Å². The first kappa shape index (κ1) is 16.6. The quantitative estimate of drug-likeness (QED) is 0.575. The molecule has 124 valence electrons. The van der Waals surface area contributed by atoms with Crippen LogP contribution in [0.5, 0.6) is 11.5 Å². The van der Waals surface area contributed by atoms with Crippen molar-refractivity contribution in [3.05, 3.63) is 57.4 Å². The van der Waals surface area contributed by atoms with Crippen molar-refractivity contribution in [1.29, 1.82) is 0 Å². The molecule has 0 radical (unpaired) electrons. The molecular weight excluding hydrogens is 372 g/mol. The lowest BCUT2D eigenvalue weighted by Crippen LogP contribution is -2.04. The maximum absolute atomic E-state index is 12.3. The van der Waals surface area contributed by atoms with Crippen molar-refractivity contribution in [2.75, 3.05) is 13.2 Å². The van der Waals surface area contributed by atoms with Crippen LogP contribution in [0.2, 0.25) is 0 Å². The first-order chi connectivity index (χ1) is 11.6. The number of hydrogen-bond donors (Lipinski definition) is 0. The van der Waals surface area contributed by atoms with Crippen molar-refractivity contribution in [2.24, 2.45) is 0 Å². The average Bonchev–Trinajstić information content (AvgIpc) is 2.57. The molecule has 5 heteroatoms. The minimum Gasteiger partial charge on any atom is -0.490 e. The van der Waals surface area contributed by atoms with Gasteiger partial charge in [-0.3, -0.25) is 0 Å². The SMILES string of the molecule is CCOc1ccc(-c2cc3cc(Br)ccc3oc2=O)cc1OCC. The normalized spacial score (nSPS) is 10.8. The summed E-state index contributed by atoms with van der Waals surface area (Å²) in [5.41, 5.74) is 1.40. The summed E-state index contributed by atoms with van der Waals surface area (Å²) in [4.78, 5) is 12.3. The fraction of sp³-hybridized carbons (Fsp3) is 0.211. The largest absolute Gasteiger partial charge is 0.490 e. The Bertz CT molecular complexity index is 930. The topological polar surface area (TPSA) is 48.7 Å². The molecule has 0 saturated heterocycles. The van der Waals surface area contributed by atoms with Crippen LogP contribution in [0.3, 0.4) is 0 Å². The minimum atomic E-state index is -0.378. The van der Waals surface area contributed by atoms with Crippen molar-refractivity contribution in [3.8, 4) is 22.6 Å². The Labute approximate surface area is 148 Å². The molecule has 0 atom stereocenters. The molecule has 0 saturated carbocycles. The third kappa shape index (κ3) is 3.31. The molecule has 0 unspecified atom stereocenters. The zero-order valence-corrected chi connectivity index (χ0v) is 15.1. The molecule has 4 nitrogen and oxygen atoms in total. The highest BCUT2D eigenvalue weighted by Crippen LogP contribution is 2.33. The van der Waals surface area contributed by atoms with Crippen LogP contribution in [-0.2, 0) is 0 Å². The maximum Gasteiger partial charge on any atom is 0.344 e. The lowest BCUT2D eigenvalue weighted by atomic mass is 10.1. The summed E-state index contributed by atoms with van der Waals surface area (Å²) in [6, 6.07) is 12.8. The average molecular weight is 389 g/mol. The highest BCUT2D eigenvalue weighted by Gasteiger charge is 2.12. The van der Waals surface area contributed by atoms with Crippen LogP contribution in [0.1, 0.15) is 13.8 Å². The molecule has 0 aliphatic carbocycles. The van der Waals surface area contributed by atoms with Crippen LogP contribution in [0, 0.1) is 0 Å². The fourth-order valence-corrected chi connectivity index (χ4v) is 2.89. The molecule has 24 heavy (non-hydrogen) atoms. The number of rotatable bonds is 5. The summed E-state index contributed by atoms with van der Waals surface area (Å²) in [7, 11) is 0. The van der Waals surface area contributed by atoms with Gasteiger partial charge in [-0.05, 0) is 55.8 Å². The monoisotopic (exact) mass is 388 g/mol. The fourth-order valence-electron chi connectivity index (χ4n) is 2.51. The van der Waals surface area contributed by atoms with Crippen molar-refractivity contribution in [1.82, 2.24) is 0 Å². The van der Waals surface area contributed by atoms with Crippen LogP contribution in [0.25, 0.3) is 22.1 Å². The van der Waals surface area contributed by atoms with Crippen LogP contribution < -0.4 is 15.1 Å². The smallest absolute Gasteiger partial charge is 0.344 e. The highest BCUT2D eigenvalue weighted by atomic mass is 79.9. The van der Waals surface area contributed by atoms with Gasteiger partial charge in [0.05, 0.1) is 18.8 Å². The summed E-state index contributed by atoms with van der Waals surface area (Å²) < 4.78 is 17.6. The van der Waals surface area contributed by atoms with E-state index in [1.54, 1.807) is 6.07 Å². The van der Waals surface area contributed by atoms with Crippen molar-refractivity contribution >= 4 is 26.9 Å². The molecule has 1 heterocycles. The van der Waals surface area contributed by atoms with Crippen molar-refractivity contribution < 1.29 is 13.9 Å². The number of fused-ring (bicyclic) bond motifs is 1. The molecule has 0 N–H and O–H groups in total.